The van der Waals surface area contributed by atoms with Crippen molar-refractivity contribution in [3.05, 3.63) is 36.5 Å². The van der Waals surface area contributed by atoms with Gasteiger partial charge < -0.3 is 10.8 Å². The molecule has 0 saturated carbocycles. The summed E-state index contributed by atoms with van der Waals surface area (Å²) in [7, 11) is 0. The smallest absolute Gasteiger partial charge is 0.320 e. The molecule has 0 radical (unpaired) electrons. The second-order valence-corrected chi connectivity index (χ2v) is 3.34. The third-order valence-corrected chi connectivity index (χ3v) is 2.18. The SMILES string of the molecule is NC(CCC1C=CC=CC=C1)C(=O)O. The molecular formula is C11H15NO2. The number of nitrogens with two attached hydrogens (primary N) is 1. The second kappa shape index (κ2) is 5.40. The molecule has 3 nitrogen and oxygen atoms in total. The van der Waals surface area contributed by atoms with Gasteiger partial charge in [-0.25, -0.2) is 0 Å². The molecule has 3 N–H and O–H groups in total. The summed E-state index contributed by atoms with van der Waals surface area (Å²) in [6.45, 7) is 0. The largest absolute Gasteiger partial charge is 0.480 e. The van der Waals surface area contributed by atoms with Crippen LogP contribution in [-0.4, -0.2) is 17.1 Å². The molecular weight excluding hydrogens is 178 g/mol. The molecule has 0 aromatic heterocycles. The van der Waals surface area contributed by atoms with Crippen LogP contribution in [0.3, 0.4) is 0 Å². The van der Waals surface area contributed by atoms with E-state index in [-0.39, 0.29) is 0 Å². The minimum absolute atomic E-state index is 0.301. The Morgan fingerprint density at radius 3 is 2.36 bits per heavy atom. The normalized spacial score (nSPS) is 18.1. The van der Waals surface area contributed by atoms with Gasteiger partial charge in [-0.3, -0.25) is 4.79 Å². The van der Waals surface area contributed by atoms with Crippen molar-refractivity contribution < 1.29 is 9.90 Å². The summed E-state index contributed by atoms with van der Waals surface area (Å²) in [4.78, 5) is 10.5. The molecule has 0 fully saturated rings. The number of hydrogen-bond donors (Lipinski definition) is 2. The van der Waals surface area contributed by atoms with Gasteiger partial charge in [-0.1, -0.05) is 36.5 Å². The topological polar surface area (TPSA) is 63.3 Å². The average Bonchev–Trinajstić information content (AvgIpc) is 2.42. The van der Waals surface area contributed by atoms with E-state index < -0.39 is 12.0 Å². The molecule has 1 rings (SSSR count). The van der Waals surface area contributed by atoms with Gasteiger partial charge in [0.15, 0.2) is 0 Å². The Labute approximate surface area is 83.6 Å². The lowest BCUT2D eigenvalue weighted by molar-refractivity contribution is -0.138. The van der Waals surface area contributed by atoms with E-state index in [9.17, 15) is 4.79 Å². The van der Waals surface area contributed by atoms with Crippen LogP contribution in [0.1, 0.15) is 12.8 Å². The summed E-state index contributed by atoms with van der Waals surface area (Å²) in [5.41, 5.74) is 5.41. The predicted octanol–water partition coefficient (Wildman–Crippen LogP) is 1.48. The number of carboxylic acids is 1. The first-order valence-electron chi connectivity index (χ1n) is 4.70. The zero-order valence-corrected chi connectivity index (χ0v) is 7.97. The van der Waals surface area contributed by atoms with Crippen LogP contribution in [-0.2, 0) is 4.79 Å². The lowest BCUT2D eigenvalue weighted by Crippen LogP contribution is -2.30. The highest BCUT2D eigenvalue weighted by molar-refractivity contribution is 5.72. The highest BCUT2D eigenvalue weighted by atomic mass is 16.4. The Bertz CT molecular complexity index is 263. The van der Waals surface area contributed by atoms with Crippen LogP contribution in [0.2, 0.25) is 0 Å². The van der Waals surface area contributed by atoms with E-state index in [0.29, 0.717) is 12.3 Å². The fourth-order valence-electron chi connectivity index (χ4n) is 1.29. The predicted molar refractivity (Wildman–Crippen MR) is 55.8 cm³/mol. The van der Waals surface area contributed by atoms with Crippen LogP contribution in [0.4, 0.5) is 0 Å². The number of carbonyl (C=O) groups is 1. The number of aliphatic carboxylic acids is 1. The lowest BCUT2D eigenvalue weighted by Gasteiger charge is -2.09. The van der Waals surface area contributed by atoms with E-state index in [0.717, 1.165) is 6.42 Å². The third-order valence-electron chi connectivity index (χ3n) is 2.18. The van der Waals surface area contributed by atoms with Crippen LogP contribution in [0.25, 0.3) is 0 Å². The molecule has 0 aliphatic heterocycles. The van der Waals surface area contributed by atoms with Gasteiger partial charge in [-0.15, -0.1) is 0 Å². The standard InChI is InChI=1S/C11H15NO2/c12-10(11(13)14)8-7-9-5-3-1-2-4-6-9/h1-6,9-10H,7-8,12H2,(H,13,14). The molecule has 3 heteroatoms. The van der Waals surface area contributed by atoms with E-state index in [1.165, 1.54) is 0 Å². The van der Waals surface area contributed by atoms with E-state index in [4.69, 9.17) is 10.8 Å². The highest BCUT2D eigenvalue weighted by Crippen LogP contribution is 2.13. The van der Waals surface area contributed by atoms with Gasteiger partial charge in [-0.2, -0.15) is 0 Å². The van der Waals surface area contributed by atoms with Crippen molar-refractivity contribution in [2.24, 2.45) is 11.7 Å². The Morgan fingerprint density at radius 2 is 1.86 bits per heavy atom. The summed E-state index contributed by atoms with van der Waals surface area (Å²) in [5, 5.41) is 8.59. The number of hydrogen-bond acceptors (Lipinski definition) is 2. The fourth-order valence-corrected chi connectivity index (χ4v) is 1.29. The number of rotatable bonds is 4. The molecule has 0 aromatic rings. The van der Waals surface area contributed by atoms with Crippen LogP contribution in [0, 0.1) is 5.92 Å². The number of allylic oxidation sites excluding steroid dienone is 6. The first kappa shape index (κ1) is 10.7. The van der Waals surface area contributed by atoms with Crippen LogP contribution >= 0.6 is 0 Å². The molecule has 0 amide bonds. The van der Waals surface area contributed by atoms with Crippen molar-refractivity contribution in [1.82, 2.24) is 0 Å². The molecule has 1 unspecified atom stereocenters. The van der Waals surface area contributed by atoms with Crippen molar-refractivity contribution in [2.45, 2.75) is 18.9 Å². The summed E-state index contributed by atoms with van der Waals surface area (Å²) in [6, 6.07) is -0.743. The van der Waals surface area contributed by atoms with Crippen molar-refractivity contribution in [3.63, 3.8) is 0 Å². The summed E-state index contributed by atoms with van der Waals surface area (Å²) < 4.78 is 0. The van der Waals surface area contributed by atoms with Crippen LogP contribution in [0.15, 0.2) is 36.5 Å². The first-order valence-corrected chi connectivity index (χ1v) is 4.70. The van der Waals surface area contributed by atoms with Gasteiger partial charge in [0.05, 0.1) is 0 Å². The monoisotopic (exact) mass is 193 g/mol. The zero-order valence-electron chi connectivity index (χ0n) is 7.97. The third kappa shape index (κ3) is 3.58. The average molecular weight is 193 g/mol. The van der Waals surface area contributed by atoms with E-state index in [2.05, 4.69) is 12.2 Å². The van der Waals surface area contributed by atoms with Gasteiger partial charge in [0.1, 0.15) is 6.04 Å². The van der Waals surface area contributed by atoms with E-state index in [1.807, 2.05) is 24.3 Å². The van der Waals surface area contributed by atoms with Gasteiger partial charge in [-0.05, 0) is 18.8 Å². The van der Waals surface area contributed by atoms with Crippen molar-refractivity contribution in [2.75, 3.05) is 0 Å². The molecule has 76 valence electrons. The maximum Gasteiger partial charge on any atom is 0.320 e. The molecule has 0 aromatic carbocycles. The van der Waals surface area contributed by atoms with Gasteiger partial charge in [0.25, 0.3) is 0 Å². The summed E-state index contributed by atoms with van der Waals surface area (Å²) in [5.74, 6) is -0.625. The zero-order chi connectivity index (χ0) is 10.4. The Balaban J connectivity index is 2.34. The fraction of sp³-hybridized carbons (Fsp3) is 0.364. The van der Waals surface area contributed by atoms with Gasteiger partial charge in [0.2, 0.25) is 0 Å². The molecule has 1 atom stereocenters. The molecule has 0 saturated heterocycles. The van der Waals surface area contributed by atoms with Gasteiger partial charge >= 0.3 is 5.97 Å². The van der Waals surface area contributed by atoms with Crippen molar-refractivity contribution in [3.8, 4) is 0 Å². The molecule has 1 aliphatic carbocycles. The Kier molecular flexibility index (Phi) is 4.13. The molecule has 0 heterocycles. The van der Waals surface area contributed by atoms with Crippen LogP contribution < -0.4 is 5.73 Å². The minimum Gasteiger partial charge on any atom is -0.480 e. The second-order valence-electron chi connectivity index (χ2n) is 3.34. The van der Waals surface area contributed by atoms with Crippen molar-refractivity contribution in [1.29, 1.82) is 0 Å². The highest BCUT2D eigenvalue weighted by Gasteiger charge is 2.12. The first-order chi connectivity index (χ1) is 6.70. The Hall–Kier alpha value is -1.35. The van der Waals surface area contributed by atoms with Crippen molar-refractivity contribution >= 4 is 5.97 Å². The molecule has 14 heavy (non-hydrogen) atoms. The summed E-state index contributed by atoms with van der Waals surface area (Å²) in [6.07, 6.45) is 13.2. The summed E-state index contributed by atoms with van der Waals surface area (Å²) >= 11 is 0. The van der Waals surface area contributed by atoms with E-state index >= 15 is 0 Å². The molecule has 0 spiro atoms. The maximum atomic E-state index is 10.5. The quantitative estimate of drug-likeness (QED) is 0.710. The van der Waals surface area contributed by atoms with E-state index in [1.54, 1.807) is 0 Å². The lowest BCUT2D eigenvalue weighted by atomic mass is 9.99. The molecule has 0 bridgehead atoms. The number of carboxylic acid groups (broad SMARTS) is 1. The van der Waals surface area contributed by atoms with Crippen LogP contribution in [0.5, 0.6) is 0 Å². The molecule has 1 aliphatic rings. The Morgan fingerprint density at radius 1 is 1.29 bits per heavy atom. The maximum absolute atomic E-state index is 10.5. The van der Waals surface area contributed by atoms with Gasteiger partial charge in [0, 0.05) is 0 Å². The minimum atomic E-state index is -0.926.